The third-order valence-corrected chi connectivity index (χ3v) is 10.0. The fourth-order valence-corrected chi connectivity index (χ4v) is 6.87. The number of fused-ring (bicyclic) bond motifs is 4. The molecular weight excluding hydrogens is 691 g/mol. The van der Waals surface area contributed by atoms with Crippen LogP contribution in [0, 0.1) is 6.07 Å². The van der Waals surface area contributed by atoms with Crippen LogP contribution in [0.15, 0.2) is 67.0 Å². The van der Waals surface area contributed by atoms with Crippen molar-refractivity contribution in [1.29, 1.82) is 0 Å². The van der Waals surface area contributed by atoms with Gasteiger partial charge < -0.3 is 5.11 Å². The van der Waals surface area contributed by atoms with Gasteiger partial charge in [0.05, 0.1) is 19.5 Å². The number of hydrogen-bond donors (Lipinski definition) is 1. The van der Waals surface area contributed by atoms with Crippen molar-refractivity contribution in [3.8, 4) is 22.4 Å². The van der Waals surface area contributed by atoms with E-state index in [4.69, 9.17) is 15.1 Å². The number of rotatable bonds is 3. The van der Waals surface area contributed by atoms with E-state index in [2.05, 4.69) is 101 Å². The van der Waals surface area contributed by atoms with Gasteiger partial charge in [0.2, 0.25) is 0 Å². The molecule has 0 unspecified atom stereocenters. The van der Waals surface area contributed by atoms with Crippen molar-refractivity contribution in [1.82, 2.24) is 15.0 Å². The maximum atomic E-state index is 10.0. The fourth-order valence-electron chi connectivity index (χ4n) is 5.26. The van der Waals surface area contributed by atoms with E-state index in [0.29, 0.717) is 0 Å². The average Bonchev–Trinajstić information content (AvgIpc) is 2.86. The van der Waals surface area contributed by atoms with Gasteiger partial charge in [0.25, 0.3) is 0 Å². The quantitative estimate of drug-likeness (QED) is 0.104. The Labute approximate surface area is 252 Å². The normalized spacial score (nSPS) is 15.2. The van der Waals surface area contributed by atoms with E-state index in [0.717, 1.165) is 27.9 Å². The molecule has 0 aliphatic heterocycles. The zero-order valence-corrected chi connectivity index (χ0v) is 28.2. The molecule has 1 radical (unpaired) electrons. The minimum atomic E-state index is -1.56. The number of hydrogen-bond acceptors (Lipinski definition) is 5. The maximum absolute atomic E-state index is 10.0. The van der Waals surface area contributed by atoms with Crippen molar-refractivity contribution in [2.45, 2.75) is 72.0 Å². The molecule has 0 fully saturated rings. The van der Waals surface area contributed by atoms with Crippen LogP contribution in [0.1, 0.15) is 52.8 Å². The Morgan fingerprint density at radius 3 is 2.23 bits per heavy atom. The molecule has 7 heteroatoms. The number of aromatic nitrogens is 3. The maximum Gasteiger partial charge on any atom is 0.155 e. The molecular formula is C33H38IrN3O2Si-. The van der Waals surface area contributed by atoms with Crippen molar-refractivity contribution in [2.75, 3.05) is 0 Å². The van der Waals surface area contributed by atoms with Crippen molar-refractivity contribution in [2.24, 2.45) is 0 Å². The molecule has 4 aromatic rings. The van der Waals surface area contributed by atoms with Gasteiger partial charge in [-0.25, -0.2) is 9.97 Å². The number of aliphatic hydroxyl groups is 1. The predicted octanol–water partition coefficient (Wildman–Crippen LogP) is 7.31. The van der Waals surface area contributed by atoms with Gasteiger partial charge in [-0.2, -0.15) is 0 Å². The molecule has 0 atom stereocenters. The summed E-state index contributed by atoms with van der Waals surface area (Å²) in [6, 6.07) is 16.8. The predicted molar refractivity (Wildman–Crippen MR) is 163 cm³/mol. The van der Waals surface area contributed by atoms with E-state index in [-0.39, 0.29) is 42.5 Å². The summed E-state index contributed by atoms with van der Waals surface area (Å²) in [7, 11) is -1.56. The summed E-state index contributed by atoms with van der Waals surface area (Å²) in [5.41, 5.74) is 6.44. The standard InChI is InChI=1S/C28H30N3Si.C5H8O2.Ir/c1-27(2)23-16-30-24(14-21(23)22-15-29-17-31-26(22)28(27,3)4)19-12-18-10-8-9-11-20(18)25(13-19)32(5,6)7;1-4(6)3-5(2)7;/h8-11,13-17H,1-7H3;3,6H,1-2H3;/q-1;;/b;4-3-;. The Morgan fingerprint density at radius 1 is 0.950 bits per heavy atom. The van der Waals surface area contributed by atoms with Crippen LogP contribution in [0.4, 0.5) is 0 Å². The molecule has 0 amide bonds. The van der Waals surface area contributed by atoms with Crippen LogP contribution in [0.2, 0.25) is 19.6 Å². The summed E-state index contributed by atoms with van der Waals surface area (Å²) >= 11 is 0. The van der Waals surface area contributed by atoms with Crippen LogP contribution in [0.3, 0.4) is 0 Å². The van der Waals surface area contributed by atoms with E-state index < -0.39 is 8.07 Å². The molecule has 5 rings (SSSR count). The molecule has 0 spiro atoms. The zero-order valence-electron chi connectivity index (χ0n) is 24.8. The number of carbonyl (C=O) groups is 1. The first-order valence-electron chi connectivity index (χ1n) is 13.3. The van der Waals surface area contributed by atoms with Gasteiger partial charge in [0.1, 0.15) is 6.33 Å². The third-order valence-electron chi connectivity index (χ3n) is 8.01. The van der Waals surface area contributed by atoms with Crippen molar-refractivity contribution in [3.63, 3.8) is 0 Å². The number of carbonyl (C=O) groups excluding carboxylic acids is 1. The first-order valence-corrected chi connectivity index (χ1v) is 16.8. The molecule has 2 aromatic heterocycles. The summed E-state index contributed by atoms with van der Waals surface area (Å²) in [6.45, 7) is 19.2. The van der Waals surface area contributed by atoms with E-state index in [1.165, 1.54) is 41.6 Å². The number of allylic oxidation sites excluding steroid dienone is 2. The number of nitrogens with zero attached hydrogens (tertiary/aromatic N) is 3. The minimum Gasteiger partial charge on any atom is -0.512 e. The molecule has 0 saturated carbocycles. The number of aliphatic hydroxyl groups excluding tert-OH is 1. The Morgan fingerprint density at radius 2 is 1.62 bits per heavy atom. The molecule has 1 N–H and O–H groups in total. The molecule has 2 heterocycles. The van der Waals surface area contributed by atoms with Crippen molar-refractivity contribution in [3.05, 3.63) is 84.3 Å². The zero-order chi connectivity index (χ0) is 28.8. The second-order valence-corrected chi connectivity index (χ2v) is 17.5. The van der Waals surface area contributed by atoms with Crippen LogP contribution in [-0.2, 0) is 35.7 Å². The van der Waals surface area contributed by atoms with Crippen molar-refractivity contribution < 1.29 is 30.0 Å². The summed E-state index contributed by atoms with van der Waals surface area (Å²) in [5, 5.41) is 12.3. The van der Waals surface area contributed by atoms with Crippen LogP contribution in [0.25, 0.3) is 33.2 Å². The summed E-state index contributed by atoms with van der Waals surface area (Å²) in [5.74, 6) is -0.0625. The fraction of sp³-hybridized carbons (Fsp3) is 0.333. The Kier molecular flexibility index (Phi) is 9.05. The van der Waals surface area contributed by atoms with Gasteiger partial charge in [0.15, 0.2) is 5.78 Å². The molecule has 211 valence electrons. The topological polar surface area (TPSA) is 76.0 Å². The second-order valence-electron chi connectivity index (χ2n) is 12.4. The van der Waals surface area contributed by atoms with E-state index in [1.807, 2.05) is 6.20 Å². The molecule has 0 bridgehead atoms. The van der Waals surface area contributed by atoms with Crippen LogP contribution in [-0.4, -0.2) is 33.9 Å². The van der Waals surface area contributed by atoms with Crippen LogP contribution in [0.5, 0.6) is 0 Å². The first kappa shape index (κ1) is 31.5. The van der Waals surface area contributed by atoms with Gasteiger partial charge in [-0.05, 0) is 25.0 Å². The molecule has 2 aromatic carbocycles. The second kappa shape index (κ2) is 11.5. The first-order chi connectivity index (χ1) is 18.1. The molecule has 0 saturated heterocycles. The molecule has 5 nitrogen and oxygen atoms in total. The van der Waals surface area contributed by atoms with Gasteiger partial charge in [0, 0.05) is 60.7 Å². The van der Waals surface area contributed by atoms with Crippen LogP contribution >= 0.6 is 0 Å². The molecule has 1 aliphatic rings. The van der Waals surface area contributed by atoms with Gasteiger partial charge in [-0.1, -0.05) is 82.6 Å². The summed E-state index contributed by atoms with van der Waals surface area (Å²) in [6.07, 6.45) is 6.86. The number of benzene rings is 2. The monoisotopic (exact) mass is 729 g/mol. The SMILES string of the molecule is CC(=O)/C=C(/C)O.CC1(C)c2cnc(-c3[c-]c4ccccc4c([Si](C)(C)C)c3)cc2-c2cncnc2C1(C)C.[Ir]. The number of pyridine rings is 1. The molecule has 40 heavy (non-hydrogen) atoms. The van der Waals surface area contributed by atoms with Gasteiger partial charge in [-0.15, -0.1) is 28.8 Å². The number of ketones is 1. The Bertz CT molecular complexity index is 1600. The minimum absolute atomic E-state index is 0. The Balaban J connectivity index is 0.000000492. The van der Waals surface area contributed by atoms with Gasteiger partial charge in [-0.3, -0.25) is 9.78 Å². The van der Waals surface area contributed by atoms with E-state index in [9.17, 15) is 4.79 Å². The smallest absolute Gasteiger partial charge is 0.155 e. The Hall–Kier alpha value is -2.99. The molecule has 1 aliphatic carbocycles. The third kappa shape index (κ3) is 5.88. The summed E-state index contributed by atoms with van der Waals surface area (Å²) in [4.78, 5) is 24.1. The largest absolute Gasteiger partial charge is 0.512 e. The van der Waals surface area contributed by atoms with Crippen molar-refractivity contribution >= 4 is 29.8 Å². The average molecular weight is 729 g/mol. The van der Waals surface area contributed by atoms with Gasteiger partial charge >= 0.3 is 0 Å². The summed E-state index contributed by atoms with van der Waals surface area (Å²) < 4.78 is 0. The van der Waals surface area contributed by atoms with E-state index in [1.54, 1.807) is 6.33 Å². The van der Waals surface area contributed by atoms with Crippen LogP contribution < -0.4 is 5.19 Å². The van der Waals surface area contributed by atoms with E-state index >= 15 is 0 Å².